The van der Waals surface area contributed by atoms with Gasteiger partial charge in [0.1, 0.15) is 16.6 Å². The van der Waals surface area contributed by atoms with Gasteiger partial charge in [-0.1, -0.05) is 0 Å². The zero-order chi connectivity index (χ0) is 18.9. The summed E-state index contributed by atoms with van der Waals surface area (Å²) in [4.78, 5) is 18.1. The van der Waals surface area contributed by atoms with Gasteiger partial charge in [-0.3, -0.25) is 0 Å². The van der Waals surface area contributed by atoms with Gasteiger partial charge in [0.25, 0.3) is 0 Å². The number of hydrogen-bond acceptors (Lipinski definition) is 6. The molecule has 1 aromatic carbocycles. The van der Waals surface area contributed by atoms with E-state index in [4.69, 9.17) is 10.2 Å². The van der Waals surface area contributed by atoms with E-state index in [0.29, 0.717) is 10.8 Å². The van der Waals surface area contributed by atoms with Crippen LogP contribution in [0.25, 0.3) is 27.3 Å². The number of hydrogen-bond donors (Lipinski definition) is 2. The summed E-state index contributed by atoms with van der Waals surface area (Å²) in [6, 6.07) is 15.8. The van der Waals surface area contributed by atoms with Crippen molar-refractivity contribution in [2.75, 3.05) is 5.32 Å². The van der Waals surface area contributed by atoms with Crippen LogP contribution in [0.5, 0.6) is 0 Å². The van der Waals surface area contributed by atoms with Crippen LogP contribution in [0.4, 0.5) is 11.6 Å². The highest BCUT2D eigenvalue weighted by Gasteiger charge is 2.13. The molecule has 0 atom stereocenters. The van der Waals surface area contributed by atoms with E-state index in [-0.39, 0.29) is 0 Å². The van der Waals surface area contributed by atoms with Gasteiger partial charge >= 0.3 is 0 Å². The summed E-state index contributed by atoms with van der Waals surface area (Å²) in [5, 5.41) is 13.3. The number of rotatable bonds is 4. The zero-order valence-electron chi connectivity index (χ0n) is 14.5. The van der Waals surface area contributed by atoms with Crippen molar-refractivity contribution < 1.29 is 0 Å². The third-order valence-corrected chi connectivity index (χ3v) is 5.29. The predicted molar refractivity (Wildman–Crippen MR) is 109 cm³/mol. The summed E-state index contributed by atoms with van der Waals surface area (Å²) < 4.78 is 1.94. The van der Waals surface area contributed by atoms with Crippen LogP contribution in [0, 0.1) is 11.3 Å². The molecule has 2 N–H and O–H groups in total. The van der Waals surface area contributed by atoms with Crippen LogP contribution in [0.3, 0.4) is 0 Å². The lowest BCUT2D eigenvalue weighted by molar-refractivity contribution is 1.06. The number of thiophene rings is 1. The Labute approximate surface area is 164 Å². The minimum Gasteiger partial charge on any atom is -0.346 e. The number of aromatic amines is 1. The topological polar surface area (TPSA) is 95.2 Å². The highest BCUT2D eigenvalue weighted by atomic mass is 32.1. The third-order valence-electron chi connectivity index (χ3n) is 4.29. The Balaban J connectivity index is 1.50. The number of benzene rings is 1. The van der Waals surface area contributed by atoms with E-state index in [1.54, 1.807) is 12.5 Å². The molecule has 0 aliphatic carbocycles. The first-order valence-electron chi connectivity index (χ1n) is 8.51. The predicted octanol–water partition coefficient (Wildman–Crippen LogP) is 4.49. The Morgan fingerprint density at radius 1 is 1.07 bits per heavy atom. The molecule has 134 valence electrons. The Morgan fingerprint density at radius 2 is 1.96 bits per heavy atom. The first-order chi connectivity index (χ1) is 13.8. The van der Waals surface area contributed by atoms with Gasteiger partial charge in [0, 0.05) is 35.4 Å². The lowest BCUT2D eigenvalue weighted by Gasteiger charge is -2.08. The molecule has 0 saturated carbocycles. The largest absolute Gasteiger partial charge is 0.346 e. The number of nitriles is 1. The van der Waals surface area contributed by atoms with Crippen LogP contribution < -0.4 is 5.32 Å². The van der Waals surface area contributed by atoms with Crippen molar-refractivity contribution in [1.82, 2.24) is 24.5 Å². The highest BCUT2D eigenvalue weighted by Crippen LogP contribution is 2.32. The number of fused-ring (bicyclic) bond motifs is 1. The second-order valence-electron chi connectivity index (χ2n) is 6.05. The van der Waals surface area contributed by atoms with Crippen LogP contribution in [-0.2, 0) is 0 Å². The van der Waals surface area contributed by atoms with Gasteiger partial charge in [0.15, 0.2) is 0 Å². The smallest absolute Gasteiger partial charge is 0.229 e. The van der Waals surface area contributed by atoms with Gasteiger partial charge in [-0.15, -0.1) is 11.3 Å². The number of imidazole rings is 1. The van der Waals surface area contributed by atoms with E-state index in [2.05, 4.69) is 26.3 Å². The average molecular weight is 383 g/mol. The van der Waals surface area contributed by atoms with Crippen LogP contribution in [0.2, 0.25) is 0 Å². The Hall–Kier alpha value is -3.96. The molecule has 7 nitrogen and oxygen atoms in total. The van der Waals surface area contributed by atoms with Crippen LogP contribution in [0.15, 0.2) is 67.4 Å². The summed E-state index contributed by atoms with van der Waals surface area (Å²) in [7, 11) is 0. The summed E-state index contributed by atoms with van der Waals surface area (Å²) in [6.45, 7) is 0. The molecule has 5 aromatic rings. The van der Waals surface area contributed by atoms with E-state index in [9.17, 15) is 0 Å². The fourth-order valence-electron chi connectivity index (χ4n) is 2.97. The molecule has 0 radical (unpaired) electrons. The molecular weight excluding hydrogens is 370 g/mol. The molecule has 0 aliphatic heterocycles. The molecule has 0 spiro atoms. The average Bonchev–Trinajstić information content (AvgIpc) is 3.48. The van der Waals surface area contributed by atoms with Crippen LogP contribution in [-0.4, -0.2) is 24.5 Å². The zero-order valence-corrected chi connectivity index (χ0v) is 15.3. The summed E-state index contributed by atoms with van der Waals surface area (Å²) in [5.41, 5.74) is 3.45. The SMILES string of the molecule is N#Cc1ccc(-c2nc(Nc3ccc(-n4ccnc4)cc3)nc3[nH]ccc23)s1. The molecule has 0 bridgehead atoms. The maximum atomic E-state index is 9.11. The summed E-state index contributed by atoms with van der Waals surface area (Å²) in [5.74, 6) is 0.493. The van der Waals surface area contributed by atoms with E-state index < -0.39 is 0 Å². The number of anilines is 2. The highest BCUT2D eigenvalue weighted by molar-refractivity contribution is 7.16. The standard InChI is InChI=1S/C20H13N7S/c21-11-15-5-6-17(28-15)18-16-7-8-23-19(16)26-20(25-18)24-13-1-3-14(4-2-13)27-10-9-22-12-27/h1-10,12H,(H2,23,24,25,26). The molecule has 0 saturated heterocycles. The summed E-state index contributed by atoms with van der Waals surface area (Å²) in [6.07, 6.45) is 7.24. The molecule has 0 unspecified atom stereocenters. The lowest BCUT2D eigenvalue weighted by Crippen LogP contribution is -1.99. The van der Waals surface area contributed by atoms with Gasteiger partial charge in [-0.25, -0.2) is 9.97 Å². The minimum atomic E-state index is 0.493. The third kappa shape index (κ3) is 2.90. The Kier molecular flexibility index (Phi) is 3.85. The Bertz CT molecular complexity index is 1290. The maximum absolute atomic E-state index is 9.11. The van der Waals surface area contributed by atoms with E-state index >= 15 is 0 Å². The van der Waals surface area contributed by atoms with Crippen molar-refractivity contribution >= 4 is 34.0 Å². The van der Waals surface area contributed by atoms with Gasteiger partial charge in [-0.05, 0) is 42.5 Å². The Morgan fingerprint density at radius 3 is 2.71 bits per heavy atom. The number of nitrogens with one attached hydrogen (secondary N) is 2. The minimum absolute atomic E-state index is 0.493. The molecular formula is C20H13N7S. The molecule has 0 fully saturated rings. The van der Waals surface area contributed by atoms with Gasteiger partial charge in [0.2, 0.25) is 5.95 Å². The monoisotopic (exact) mass is 383 g/mol. The first kappa shape index (κ1) is 16.2. The van der Waals surface area contributed by atoms with E-state index in [1.165, 1.54) is 11.3 Å². The van der Waals surface area contributed by atoms with Crippen molar-refractivity contribution in [1.29, 1.82) is 5.26 Å². The number of nitrogens with zero attached hydrogens (tertiary/aromatic N) is 5. The molecule has 4 heterocycles. The molecule has 5 rings (SSSR count). The van der Waals surface area contributed by atoms with Crippen LogP contribution >= 0.6 is 11.3 Å². The first-order valence-corrected chi connectivity index (χ1v) is 9.33. The number of aromatic nitrogens is 5. The van der Waals surface area contributed by atoms with E-state index in [1.807, 2.05) is 59.4 Å². The molecule has 0 aliphatic rings. The van der Waals surface area contributed by atoms with Gasteiger partial charge < -0.3 is 14.9 Å². The van der Waals surface area contributed by atoms with Crippen molar-refractivity contribution in [3.05, 3.63) is 72.3 Å². The molecule has 0 amide bonds. The lowest BCUT2D eigenvalue weighted by atomic mass is 10.2. The molecule has 28 heavy (non-hydrogen) atoms. The number of H-pyrrole nitrogens is 1. The second kappa shape index (κ2) is 6.64. The van der Waals surface area contributed by atoms with Crippen molar-refractivity contribution in [3.8, 4) is 22.3 Å². The summed E-state index contributed by atoms with van der Waals surface area (Å²) >= 11 is 1.42. The van der Waals surface area contributed by atoms with Crippen molar-refractivity contribution in [3.63, 3.8) is 0 Å². The maximum Gasteiger partial charge on any atom is 0.229 e. The fraction of sp³-hybridized carbons (Fsp3) is 0. The van der Waals surface area contributed by atoms with E-state index in [0.717, 1.165) is 33.0 Å². The molecule has 8 heteroatoms. The van der Waals surface area contributed by atoms with Gasteiger partial charge in [-0.2, -0.15) is 10.2 Å². The van der Waals surface area contributed by atoms with Gasteiger partial charge in [0.05, 0.1) is 16.9 Å². The fourth-order valence-corrected chi connectivity index (χ4v) is 3.78. The normalized spacial score (nSPS) is 10.8. The molecule has 4 aromatic heterocycles. The van der Waals surface area contributed by atoms with Crippen molar-refractivity contribution in [2.24, 2.45) is 0 Å². The quantitative estimate of drug-likeness (QED) is 0.477. The second-order valence-corrected chi connectivity index (χ2v) is 7.14. The van der Waals surface area contributed by atoms with Crippen LogP contribution in [0.1, 0.15) is 4.88 Å². The van der Waals surface area contributed by atoms with Crippen molar-refractivity contribution in [2.45, 2.75) is 0 Å².